The van der Waals surface area contributed by atoms with E-state index in [0.717, 1.165) is 54.2 Å². The quantitative estimate of drug-likeness (QED) is 0.735. The molecular formula is C19H25N7. The number of fused-ring (bicyclic) bond motifs is 1. The van der Waals surface area contributed by atoms with Gasteiger partial charge in [0.25, 0.3) is 0 Å². The predicted octanol–water partition coefficient (Wildman–Crippen LogP) is 2.62. The van der Waals surface area contributed by atoms with Crippen LogP contribution in [0.2, 0.25) is 0 Å². The van der Waals surface area contributed by atoms with E-state index in [9.17, 15) is 0 Å². The van der Waals surface area contributed by atoms with Crippen molar-refractivity contribution in [3.05, 3.63) is 30.9 Å². The zero-order valence-corrected chi connectivity index (χ0v) is 15.4. The summed E-state index contributed by atoms with van der Waals surface area (Å²) in [6, 6.07) is 1.97. The van der Waals surface area contributed by atoms with Gasteiger partial charge in [0.1, 0.15) is 5.52 Å². The summed E-state index contributed by atoms with van der Waals surface area (Å²) in [6.07, 6.45) is 10.8. The van der Waals surface area contributed by atoms with Crippen LogP contribution in [0.25, 0.3) is 22.3 Å². The van der Waals surface area contributed by atoms with Gasteiger partial charge in [-0.2, -0.15) is 5.10 Å². The first kappa shape index (κ1) is 16.9. The van der Waals surface area contributed by atoms with Gasteiger partial charge in [-0.15, -0.1) is 0 Å². The largest absolute Gasteiger partial charge is 0.368 e. The Kier molecular flexibility index (Phi) is 4.55. The molecule has 7 nitrogen and oxygen atoms in total. The Balaban J connectivity index is 1.58. The van der Waals surface area contributed by atoms with Crippen LogP contribution in [0, 0.1) is 5.41 Å². The van der Waals surface area contributed by atoms with Crippen LogP contribution in [0.3, 0.4) is 0 Å². The van der Waals surface area contributed by atoms with Crippen molar-refractivity contribution in [1.29, 1.82) is 0 Å². The number of aryl methyl sites for hydroxylation is 1. The lowest BCUT2D eigenvalue weighted by Gasteiger charge is -2.34. The van der Waals surface area contributed by atoms with Crippen molar-refractivity contribution in [2.45, 2.75) is 26.2 Å². The Bertz CT molecular complexity index is 896. The molecule has 136 valence electrons. The van der Waals surface area contributed by atoms with Crippen molar-refractivity contribution in [3.63, 3.8) is 0 Å². The van der Waals surface area contributed by atoms with E-state index in [2.05, 4.69) is 32.6 Å². The smallest absolute Gasteiger partial charge is 0.154 e. The van der Waals surface area contributed by atoms with Crippen molar-refractivity contribution in [3.8, 4) is 11.3 Å². The number of hydrogen-bond donors (Lipinski definition) is 2. The molecule has 4 heterocycles. The van der Waals surface area contributed by atoms with Gasteiger partial charge in [-0.1, -0.05) is 6.92 Å². The van der Waals surface area contributed by atoms with Crippen molar-refractivity contribution in [2.75, 3.05) is 25.0 Å². The molecule has 0 aromatic carbocycles. The second-order valence-corrected chi connectivity index (χ2v) is 7.45. The average Bonchev–Trinajstić information content (AvgIpc) is 3.08. The summed E-state index contributed by atoms with van der Waals surface area (Å²) in [6.45, 7) is 5.45. The minimum atomic E-state index is 0.341. The van der Waals surface area contributed by atoms with Crippen molar-refractivity contribution in [2.24, 2.45) is 12.5 Å². The van der Waals surface area contributed by atoms with E-state index in [1.54, 1.807) is 17.1 Å². The first-order chi connectivity index (χ1) is 12.6. The molecule has 1 aliphatic heterocycles. The zero-order valence-electron chi connectivity index (χ0n) is 15.4. The van der Waals surface area contributed by atoms with Gasteiger partial charge in [0, 0.05) is 44.3 Å². The third-order valence-electron chi connectivity index (χ3n) is 5.16. The van der Waals surface area contributed by atoms with Crippen LogP contribution in [-0.2, 0) is 7.05 Å². The molecule has 3 aromatic heterocycles. The van der Waals surface area contributed by atoms with E-state index < -0.39 is 0 Å². The van der Waals surface area contributed by atoms with E-state index in [0.29, 0.717) is 5.41 Å². The Morgan fingerprint density at radius 1 is 1.31 bits per heavy atom. The second kappa shape index (κ2) is 6.99. The average molecular weight is 351 g/mol. The van der Waals surface area contributed by atoms with Crippen molar-refractivity contribution in [1.82, 2.24) is 30.0 Å². The minimum Gasteiger partial charge on any atom is -0.368 e. The number of anilines is 1. The Labute approximate surface area is 153 Å². The molecule has 0 saturated carbocycles. The lowest BCUT2D eigenvalue weighted by molar-refractivity contribution is 0.224. The molecule has 0 radical (unpaired) electrons. The monoisotopic (exact) mass is 351 g/mol. The van der Waals surface area contributed by atoms with Crippen LogP contribution in [0.4, 0.5) is 5.82 Å². The SMILES string of the molecule is Cn1cc(-c2cc3nccnc3c(NCCC3(C)CCCNC3)n2)cn1. The fraction of sp³-hybridized carbons (Fsp3) is 0.474. The van der Waals surface area contributed by atoms with Crippen LogP contribution in [0.1, 0.15) is 26.2 Å². The number of nitrogens with zero attached hydrogens (tertiary/aromatic N) is 5. The predicted molar refractivity (Wildman–Crippen MR) is 103 cm³/mol. The summed E-state index contributed by atoms with van der Waals surface area (Å²) < 4.78 is 1.78. The van der Waals surface area contributed by atoms with E-state index >= 15 is 0 Å². The fourth-order valence-electron chi connectivity index (χ4n) is 3.61. The van der Waals surface area contributed by atoms with Gasteiger partial charge in [-0.05, 0) is 37.3 Å². The molecule has 0 bridgehead atoms. The molecule has 4 rings (SSSR count). The lowest BCUT2D eigenvalue weighted by atomic mass is 9.80. The summed E-state index contributed by atoms with van der Waals surface area (Å²) >= 11 is 0. The van der Waals surface area contributed by atoms with Gasteiger partial charge >= 0.3 is 0 Å². The third-order valence-corrected chi connectivity index (χ3v) is 5.16. The Morgan fingerprint density at radius 2 is 2.19 bits per heavy atom. The van der Waals surface area contributed by atoms with Crippen LogP contribution in [-0.4, -0.2) is 44.4 Å². The summed E-state index contributed by atoms with van der Waals surface area (Å²) in [7, 11) is 1.91. The standard InChI is InChI=1S/C19H25N7/c1-19(4-3-6-20-13-19)5-7-23-18-17-16(21-8-9-22-17)10-15(25-18)14-11-24-26(2)12-14/h8-12,20H,3-7,13H2,1-2H3,(H,23,25). The summed E-state index contributed by atoms with van der Waals surface area (Å²) in [5.74, 6) is 0.793. The minimum absolute atomic E-state index is 0.341. The first-order valence-electron chi connectivity index (χ1n) is 9.18. The summed E-state index contributed by atoms with van der Waals surface area (Å²) in [4.78, 5) is 13.8. The molecule has 3 aromatic rings. The topological polar surface area (TPSA) is 80.5 Å². The highest BCUT2D eigenvalue weighted by Crippen LogP contribution is 2.30. The van der Waals surface area contributed by atoms with Gasteiger partial charge in [0.2, 0.25) is 0 Å². The van der Waals surface area contributed by atoms with Gasteiger partial charge in [0.15, 0.2) is 5.82 Å². The van der Waals surface area contributed by atoms with Gasteiger partial charge in [0.05, 0.1) is 17.4 Å². The van der Waals surface area contributed by atoms with Crippen LogP contribution >= 0.6 is 0 Å². The highest BCUT2D eigenvalue weighted by molar-refractivity contribution is 5.88. The molecule has 26 heavy (non-hydrogen) atoms. The van der Waals surface area contributed by atoms with Crippen molar-refractivity contribution >= 4 is 16.9 Å². The van der Waals surface area contributed by atoms with Gasteiger partial charge in [-0.3, -0.25) is 9.67 Å². The van der Waals surface area contributed by atoms with Crippen molar-refractivity contribution < 1.29 is 0 Å². The molecule has 0 spiro atoms. The molecule has 1 unspecified atom stereocenters. The molecule has 2 N–H and O–H groups in total. The summed E-state index contributed by atoms with van der Waals surface area (Å²) in [5, 5.41) is 11.3. The molecule has 1 atom stereocenters. The lowest BCUT2D eigenvalue weighted by Crippen LogP contribution is -2.39. The van der Waals surface area contributed by atoms with E-state index in [-0.39, 0.29) is 0 Å². The highest BCUT2D eigenvalue weighted by Gasteiger charge is 2.26. The number of aromatic nitrogens is 5. The highest BCUT2D eigenvalue weighted by atomic mass is 15.2. The molecule has 0 amide bonds. The number of rotatable bonds is 5. The van der Waals surface area contributed by atoms with Gasteiger partial charge < -0.3 is 10.6 Å². The first-order valence-corrected chi connectivity index (χ1v) is 9.18. The normalized spacial score (nSPS) is 20.4. The van der Waals surface area contributed by atoms with E-state index in [1.807, 2.05) is 25.5 Å². The van der Waals surface area contributed by atoms with Crippen LogP contribution in [0.15, 0.2) is 30.9 Å². The molecule has 1 aliphatic rings. The molecule has 1 saturated heterocycles. The number of pyridine rings is 1. The maximum Gasteiger partial charge on any atom is 0.154 e. The number of nitrogens with one attached hydrogen (secondary N) is 2. The van der Waals surface area contributed by atoms with E-state index in [1.165, 1.54) is 12.8 Å². The molecule has 0 aliphatic carbocycles. The molecular weight excluding hydrogens is 326 g/mol. The maximum atomic E-state index is 4.81. The third kappa shape index (κ3) is 3.53. The van der Waals surface area contributed by atoms with Crippen LogP contribution < -0.4 is 10.6 Å². The summed E-state index contributed by atoms with van der Waals surface area (Å²) in [5.41, 5.74) is 3.83. The zero-order chi connectivity index (χ0) is 18.0. The molecule has 7 heteroatoms. The van der Waals surface area contributed by atoms with E-state index in [4.69, 9.17) is 4.98 Å². The fourth-order valence-corrected chi connectivity index (χ4v) is 3.61. The second-order valence-electron chi connectivity index (χ2n) is 7.45. The van der Waals surface area contributed by atoms with Crippen LogP contribution in [0.5, 0.6) is 0 Å². The maximum absolute atomic E-state index is 4.81. The number of hydrogen-bond acceptors (Lipinski definition) is 6. The Morgan fingerprint density at radius 3 is 2.96 bits per heavy atom. The molecule has 1 fully saturated rings. The number of piperidine rings is 1. The van der Waals surface area contributed by atoms with Gasteiger partial charge in [-0.25, -0.2) is 9.97 Å². The Hall–Kier alpha value is -2.54.